The van der Waals surface area contributed by atoms with Gasteiger partial charge in [-0.05, 0) is 161 Å². The van der Waals surface area contributed by atoms with Crippen LogP contribution in [0.4, 0.5) is 4.79 Å². The molecule has 1 amide bonds. The first-order chi connectivity index (χ1) is 28.0. The smallest absolute Gasteiger partial charge is 0.408 e. The van der Waals surface area contributed by atoms with Gasteiger partial charge in [-0.15, -0.1) is 0 Å². The molecule has 0 aromatic heterocycles. The second kappa shape index (κ2) is 17.5. The molecule has 8 nitrogen and oxygen atoms in total. The van der Waals surface area contributed by atoms with Crippen LogP contribution in [0.3, 0.4) is 0 Å². The van der Waals surface area contributed by atoms with Crippen LogP contribution >= 0.6 is 0 Å². The van der Waals surface area contributed by atoms with Crippen LogP contribution < -0.4 is 15.7 Å². The van der Waals surface area contributed by atoms with Gasteiger partial charge in [-0.3, -0.25) is 4.79 Å². The van der Waals surface area contributed by atoms with Crippen molar-refractivity contribution in [2.24, 2.45) is 46.3 Å². The van der Waals surface area contributed by atoms with E-state index in [1.54, 1.807) is 0 Å². The summed E-state index contributed by atoms with van der Waals surface area (Å²) in [5, 5.41) is 4.77. The minimum atomic E-state index is -3.02. The Morgan fingerprint density at radius 1 is 0.733 bits per heavy atom. The molecule has 10 atom stereocenters. The lowest BCUT2D eigenvalue weighted by atomic mass is 9.44. The Kier molecular flexibility index (Phi) is 13.5. The zero-order chi connectivity index (χ0) is 43.9. The number of amides is 1. The van der Waals surface area contributed by atoms with Crippen molar-refractivity contribution >= 4 is 36.7 Å². The standard InChI is InChI=1S/C51H77NO7Si/c1-34(31-44(53)58-47(2,3)4)40-25-26-41-39-24-23-35-32-36(27-29-50(35,11)42(39)28-30-51(40,41)12)57-45(54)43(52-46(55)59-48(5,6)7)33-56-60(49(8,9)10,37-19-15-13-16-20-37)38-21-17-14-18-22-38/h13-22,34-36,39-43H,23-33H2,1-12H3,(H,52,55)/t34-,35?,36-,39?,40?,41?,42?,43+,50+,51-/m1/s1. The number of ether oxygens (including phenoxy) is 3. The molecule has 6 rings (SSSR count). The molecule has 4 saturated carbocycles. The molecular formula is C51H77NO7Si. The van der Waals surface area contributed by atoms with Crippen LogP contribution in [0.2, 0.25) is 5.04 Å². The number of hydrogen-bond donors (Lipinski definition) is 1. The normalized spacial score (nSPS) is 30.5. The van der Waals surface area contributed by atoms with Crippen LogP contribution in [0, 0.1) is 46.3 Å². The first kappa shape index (κ1) is 46.3. The topological polar surface area (TPSA) is 100 Å². The van der Waals surface area contributed by atoms with Gasteiger partial charge in [-0.1, -0.05) is 102 Å². The van der Waals surface area contributed by atoms with Crippen LogP contribution in [0.5, 0.6) is 0 Å². The van der Waals surface area contributed by atoms with E-state index in [0.29, 0.717) is 41.9 Å². The van der Waals surface area contributed by atoms with Gasteiger partial charge >= 0.3 is 18.0 Å². The number of hydrogen-bond acceptors (Lipinski definition) is 7. The van der Waals surface area contributed by atoms with Gasteiger partial charge < -0.3 is 24.0 Å². The molecule has 4 fully saturated rings. The highest BCUT2D eigenvalue weighted by atomic mass is 28.4. The van der Waals surface area contributed by atoms with Crippen LogP contribution in [0.1, 0.15) is 147 Å². The Bertz CT molecular complexity index is 1760. The maximum Gasteiger partial charge on any atom is 0.408 e. The molecule has 4 aliphatic carbocycles. The Morgan fingerprint density at radius 3 is 1.87 bits per heavy atom. The summed E-state index contributed by atoms with van der Waals surface area (Å²) >= 11 is 0. The molecule has 0 saturated heterocycles. The van der Waals surface area contributed by atoms with Gasteiger partial charge in [-0.25, -0.2) is 9.59 Å². The van der Waals surface area contributed by atoms with Crippen molar-refractivity contribution in [3.63, 3.8) is 0 Å². The number of carbonyl (C=O) groups is 3. The summed E-state index contributed by atoms with van der Waals surface area (Å²) in [5.41, 5.74) is -0.738. The van der Waals surface area contributed by atoms with E-state index in [2.05, 4.69) is 71.1 Å². The van der Waals surface area contributed by atoms with Gasteiger partial charge in [0.15, 0.2) is 6.04 Å². The van der Waals surface area contributed by atoms with Crippen molar-refractivity contribution in [1.82, 2.24) is 5.32 Å². The van der Waals surface area contributed by atoms with E-state index in [9.17, 15) is 14.4 Å². The number of alkyl carbamates (subject to hydrolysis) is 1. The predicted octanol–water partition coefficient (Wildman–Crippen LogP) is 10.4. The molecule has 0 radical (unpaired) electrons. The summed E-state index contributed by atoms with van der Waals surface area (Å²) in [6.07, 6.45) is 9.56. The highest BCUT2D eigenvalue weighted by Gasteiger charge is 2.61. The zero-order valence-corrected chi connectivity index (χ0v) is 40.0. The first-order valence-corrected chi connectivity index (χ1v) is 25.0. The number of rotatable bonds is 11. The van der Waals surface area contributed by atoms with Gasteiger partial charge in [0, 0.05) is 6.42 Å². The van der Waals surface area contributed by atoms with E-state index in [4.69, 9.17) is 18.6 Å². The average molecular weight is 844 g/mol. The van der Waals surface area contributed by atoms with Crippen molar-refractivity contribution in [1.29, 1.82) is 0 Å². The van der Waals surface area contributed by atoms with E-state index in [1.165, 1.54) is 32.1 Å². The summed E-state index contributed by atoms with van der Waals surface area (Å²) in [7, 11) is -3.02. The van der Waals surface area contributed by atoms with Crippen molar-refractivity contribution in [2.45, 2.75) is 176 Å². The fourth-order valence-electron chi connectivity index (χ4n) is 12.9. The van der Waals surface area contributed by atoms with Crippen LogP contribution in [-0.2, 0) is 28.2 Å². The summed E-state index contributed by atoms with van der Waals surface area (Å²) in [6, 6.07) is 19.6. The fourth-order valence-corrected chi connectivity index (χ4v) is 17.5. The van der Waals surface area contributed by atoms with Gasteiger partial charge in [0.05, 0.1) is 6.61 Å². The third kappa shape index (κ3) is 9.72. The molecule has 2 aromatic rings. The molecule has 0 bridgehead atoms. The maximum atomic E-state index is 14.4. The number of nitrogens with one attached hydrogen (secondary N) is 1. The maximum absolute atomic E-state index is 14.4. The number of esters is 2. The fraction of sp³-hybridized carbons (Fsp3) is 0.706. The molecule has 332 valence electrons. The summed E-state index contributed by atoms with van der Waals surface area (Å²) in [5.74, 6) is 2.84. The molecule has 0 aliphatic heterocycles. The minimum Gasteiger partial charge on any atom is -0.461 e. The molecule has 60 heavy (non-hydrogen) atoms. The lowest BCUT2D eigenvalue weighted by Gasteiger charge is -2.61. The SMILES string of the molecule is C[C@H](CC(=O)OC(C)(C)C)C1CCC2C3CCC4C[C@H](OC(=O)[C@H](CO[Si](c5ccccc5)(c5ccccc5)C(C)(C)C)NC(=O)OC(C)(C)C)CC[C@]4(C)C3CC[C@@]21C. The molecule has 0 heterocycles. The Hall–Kier alpha value is -3.17. The second-order valence-corrected chi connectivity index (χ2v) is 27.0. The average Bonchev–Trinajstić information content (AvgIpc) is 3.51. The Labute approximate surface area is 363 Å². The molecular weight excluding hydrogens is 767 g/mol. The zero-order valence-electron chi connectivity index (χ0n) is 39.0. The van der Waals surface area contributed by atoms with Crippen molar-refractivity contribution in [3.8, 4) is 0 Å². The molecule has 2 aromatic carbocycles. The van der Waals surface area contributed by atoms with Gasteiger partial charge in [0.2, 0.25) is 0 Å². The molecule has 9 heteroatoms. The molecule has 5 unspecified atom stereocenters. The Morgan fingerprint density at radius 2 is 1.30 bits per heavy atom. The molecule has 4 aliphatic rings. The number of benzene rings is 2. The van der Waals surface area contributed by atoms with Gasteiger partial charge in [0.1, 0.15) is 17.3 Å². The summed E-state index contributed by atoms with van der Waals surface area (Å²) in [4.78, 5) is 40.6. The predicted molar refractivity (Wildman–Crippen MR) is 241 cm³/mol. The molecule has 0 spiro atoms. The lowest BCUT2D eigenvalue weighted by molar-refractivity contribution is -0.166. The van der Waals surface area contributed by atoms with Gasteiger partial charge in [0.25, 0.3) is 8.32 Å². The van der Waals surface area contributed by atoms with Crippen LogP contribution in [0.25, 0.3) is 0 Å². The monoisotopic (exact) mass is 844 g/mol. The summed E-state index contributed by atoms with van der Waals surface area (Å²) < 4.78 is 25.1. The minimum absolute atomic E-state index is 0.0412. The summed E-state index contributed by atoms with van der Waals surface area (Å²) in [6.45, 7) is 25.2. The van der Waals surface area contributed by atoms with E-state index >= 15 is 0 Å². The van der Waals surface area contributed by atoms with E-state index in [0.717, 1.165) is 36.1 Å². The van der Waals surface area contributed by atoms with E-state index in [1.807, 2.05) is 77.9 Å². The Balaban J connectivity index is 1.16. The largest absolute Gasteiger partial charge is 0.461 e. The van der Waals surface area contributed by atoms with E-state index < -0.39 is 37.6 Å². The molecule has 1 N–H and O–H groups in total. The lowest BCUT2D eigenvalue weighted by Crippen LogP contribution is -2.67. The number of carbonyl (C=O) groups excluding carboxylic acids is 3. The second-order valence-electron chi connectivity index (χ2n) is 22.7. The van der Waals surface area contributed by atoms with Gasteiger partial charge in [-0.2, -0.15) is 0 Å². The van der Waals surface area contributed by atoms with Crippen LogP contribution in [-0.4, -0.2) is 56.3 Å². The van der Waals surface area contributed by atoms with Crippen LogP contribution in [0.15, 0.2) is 60.7 Å². The van der Waals surface area contributed by atoms with Crippen molar-refractivity contribution in [3.05, 3.63) is 60.7 Å². The van der Waals surface area contributed by atoms with Crippen molar-refractivity contribution < 1.29 is 33.0 Å². The van der Waals surface area contributed by atoms with Crippen molar-refractivity contribution in [2.75, 3.05) is 6.61 Å². The highest BCUT2D eigenvalue weighted by Crippen LogP contribution is 2.68. The quantitative estimate of drug-likeness (QED) is 0.137. The highest BCUT2D eigenvalue weighted by molar-refractivity contribution is 6.99. The first-order valence-electron chi connectivity index (χ1n) is 23.1. The number of fused-ring (bicyclic) bond motifs is 5. The van der Waals surface area contributed by atoms with E-state index in [-0.39, 0.29) is 34.5 Å². The third-order valence-corrected chi connectivity index (χ3v) is 20.4. The third-order valence-electron chi connectivity index (χ3n) is 15.4.